The van der Waals surface area contributed by atoms with Gasteiger partial charge in [-0.25, -0.2) is 4.98 Å². The monoisotopic (exact) mass is 362 g/mol. The van der Waals surface area contributed by atoms with Crippen molar-refractivity contribution in [1.82, 2.24) is 9.55 Å². The maximum Gasteiger partial charge on any atom is 0.416 e. The number of para-hydroxylation sites is 1. The summed E-state index contributed by atoms with van der Waals surface area (Å²) in [4.78, 5) is 4.44. The summed E-state index contributed by atoms with van der Waals surface area (Å²) < 4.78 is 46.9. The van der Waals surface area contributed by atoms with Gasteiger partial charge in [-0.1, -0.05) is 25.1 Å². The molecule has 0 saturated carbocycles. The van der Waals surface area contributed by atoms with Crippen molar-refractivity contribution >= 4 is 11.0 Å². The van der Waals surface area contributed by atoms with Crippen LogP contribution in [0.4, 0.5) is 13.2 Å². The van der Waals surface area contributed by atoms with Crippen LogP contribution in [0.1, 0.15) is 43.3 Å². The summed E-state index contributed by atoms with van der Waals surface area (Å²) in [5.74, 6) is 1.36. The summed E-state index contributed by atoms with van der Waals surface area (Å²) in [6.45, 7) is 6.20. The highest BCUT2D eigenvalue weighted by atomic mass is 19.4. The molecule has 1 unspecified atom stereocenters. The van der Waals surface area contributed by atoms with E-state index in [2.05, 4.69) is 4.98 Å². The number of rotatable bonds is 5. The molecule has 0 aliphatic rings. The van der Waals surface area contributed by atoms with Gasteiger partial charge in [0.1, 0.15) is 18.2 Å². The van der Waals surface area contributed by atoms with E-state index in [0.717, 1.165) is 29.9 Å². The second-order valence-electron chi connectivity index (χ2n) is 6.41. The molecule has 0 aliphatic heterocycles. The Balaban J connectivity index is 2.01. The molecule has 2 aromatic carbocycles. The average Bonchev–Trinajstić information content (AvgIpc) is 2.97. The Kier molecular flexibility index (Phi) is 4.94. The minimum absolute atomic E-state index is 0.104. The number of ether oxygens (including phenoxy) is 1. The van der Waals surface area contributed by atoms with Crippen LogP contribution in [0.5, 0.6) is 5.75 Å². The molecule has 0 bridgehead atoms. The first kappa shape index (κ1) is 18.3. The fourth-order valence-corrected chi connectivity index (χ4v) is 2.96. The van der Waals surface area contributed by atoms with Crippen molar-refractivity contribution in [2.75, 3.05) is 0 Å². The van der Waals surface area contributed by atoms with E-state index in [0.29, 0.717) is 16.9 Å². The normalized spacial score (nSPS) is 13.2. The summed E-state index contributed by atoms with van der Waals surface area (Å²) in [7, 11) is 0. The topological polar surface area (TPSA) is 27.1 Å². The molecule has 0 aliphatic carbocycles. The van der Waals surface area contributed by atoms with Gasteiger partial charge in [0, 0.05) is 6.04 Å². The van der Waals surface area contributed by atoms with Crippen molar-refractivity contribution in [3.63, 3.8) is 0 Å². The van der Waals surface area contributed by atoms with Gasteiger partial charge < -0.3 is 9.30 Å². The predicted octanol–water partition coefficient (Wildman–Crippen LogP) is 5.91. The predicted molar refractivity (Wildman–Crippen MR) is 95.2 cm³/mol. The number of alkyl halides is 3. The maximum atomic E-state index is 13.0. The molecular weight excluding hydrogens is 341 g/mol. The first-order valence-corrected chi connectivity index (χ1v) is 8.57. The van der Waals surface area contributed by atoms with E-state index in [1.165, 1.54) is 6.07 Å². The lowest BCUT2D eigenvalue weighted by Gasteiger charge is -2.17. The fourth-order valence-electron chi connectivity index (χ4n) is 2.96. The highest BCUT2D eigenvalue weighted by molar-refractivity contribution is 5.77. The standard InChI is InChI=1S/C20H21F3N2O/c1-4-14(3)25-17-10-9-15(20(21,22)23)11-16(17)24-19(25)12-26-18-8-6-5-7-13(18)2/h5-11,14H,4,12H2,1-3H3. The second kappa shape index (κ2) is 7.02. The van der Waals surface area contributed by atoms with Crippen LogP contribution in [-0.2, 0) is 12.8 Å². The average molecular weight is 362 g/mol. The first-order chi connectivity index (χ1) is 12.3. The highest BCUT2D eigenvalue weighted by Crippen LogP contribution is 2.33. The molecule has 0 N–H and O–H groups in total. The van der Waals surface area contributed by atoms with Crippen LogP contribution in [0.3, 0.4) is 0 Å². The second-order valence-corrected chi connectivity index (χ2v) is 6.41. The fraction of sp³-hybridized carbons (Fsp3) is 0.350. The Hall–Kier alpha value is -2.50. The molecule has 1 aromatic heterocycles. The van der Waals surface area contributed by atoms with Gasteiger partial charge in [0.05, 0.1) is 16.6 Å². The Morgan fingerprint density at radius 3 is 2.54 bits per heavy atom. The molecular formula is C20H21F3N2O. The third-order valence-corrected chi connectivity index (χ3v) is 4.57. The largest absolute Gasteiger partial charge is 0.485 e. The van der Waals surface area contributed by atoms with Crippen molar-refractivity contribution < 1.29 is 17.9 Å². The number of benzene rings is 2. The summed E-state index contributed by atoms with van der Waals surface area (Å²) in [6, 6.07) is 11.4. The quantitative estimate of drug-likeness (QED) is 0.564. The van der Waals surface area contributed by atoms with E-state index in [-0.39, 0.29) is 12.6 Å². The van der Waals surface area contributed by atoms with Gasteiger partial charge in [0.25, 0.3) is 0 Å². The van der Waals surface area contributed by atoms with Crippen molar-refractivity contribution in [2.45, 2.75) is 46.0 Å². The molecule has 3 aromatic rings. The molecule has 0 radical (unpaired) electrons. The lowest BCUT2D eigenvalue weighted by molar-refractivity contribution is -0.137. The van der Waals surface area contributed by atoms with E-state index >= 15 is 0 Å². The zero-order chi connectivity index (χ0) is 18.9. The first-order valence-electron chi connectivity index (χ1n) is 8.57. The lowest BCUT2D eigenvalue weighted by Crippen LogP contribution is -2.11. The van der Waals surface area contributed by atoms with Crippen LogP contribution in [0.25, 0.3) is 11.0 Å². The smallest absolute Gasteiger partial charge is 0.416 e. The van der Waals surface area contributed by atoms with E-state index < -0.39 is 11.7 Å². The number of aryl methyl sites for hydroxylation is 1. The van der Waals surface area contributed by atoms with Crippen molar-refractivity contribution in [3.05, 3.63) is 59.4 Å². The molecule has 3 nitrogen and oxygen atoms in total. The molecule has 0 spiro atoms. The number of fused-ring (bicyclic) bond motifs is 1. The number of aromatic nitrogens is 2. The zero-order valence-corrected chi connectivity index (χ0v) is 15.0. The zero-order valence-electron chi connectivity index (χ0n) is 15.0. The third kappa shape index (κ3) is 3.54. The van der Waals surface area contributed by atoms with Gasteiger partial charge in [-0.05, 0) is 50.1 Å². The van der Waals surface area contributed by atoms with Gasteiger partial charge >= 0.3 is 6.18 Å². The molecule has 0 fully saturated rings. The number of halogens is 3. The molecule has 26 heavy (non-hydrogen) atoms. The minimum atomic E-state index is -4.38. The van der Waals surface area contributed by atoms with Gasteiger partial charge in [-0.2, -0.15) is 13.2 Å². The van der Waals surface area contributed by atoms with Crippen LogP contribution < -0.4 is 4.74 Å². The Morgan fingerprint density at radius 1 is 1.15 bits per heavy atom. The van der Waals surface area contributed by atoms with E-state index in [9.17, 15) is 13.2 Å². The molecule has 1 atom stereocenters. The number of hydrogen-bond acceptors (Lipinski definition) is 2. The summed E-state index contributed by atoms with van der Waals surface area (Å²) in [5, 5.41) is 0. The molecule has 1 heterocycles. The molecule has 138 valence electrons. The van der Waals surface area contributed by atoms with E-state index in [1.54, 1.807) is 0 Å². The highest BCUT2D eigenvalue weighted by Gasteiger charge is 2.31. The SMILES string of the molecule is CCC(C)n1c(COc2ccccc2C)nc2cc(C(F)(F)F)ccc21. The number of hydrogen-bond donors (Lipinski definition) is 0. The Bertz CT molecular complexity index is 915. The van der Waals surface area contributed by atoms with Crippen molar-refractivity contribution in [2.24, 2.45) is 0 Å². The van der Waals surface area contributed by atoms with Gasteiger partial charge in [-0.15, -0.1) is 0 Å². The van der Waals surface area contributed by atoms with E-state index in [1.807, 2.05) is 49.6 Å². The molecule has 0 amide bonds. The Morgan fingerprint density at radius 2 is 1.88 bits per heavy atom. The summed E-state index contributed by atoms with van der Waals surface area (Å²) in [5.41, 5.74) is 1.34. The van der Waals surface area contributed by atoms with Crippen molar-refractivity contribution in [3.8, 4) is 5.75 Å². The lowest BCUT2D eigenvalue weighted by atomic mass is 10.2. The van der Waals surface area contributed by atoms with Crippen LogP contribution in [0.15, 0.2) is 42.5 Å². The van der Waals surface area contributed by atoms with Gasteiger partial charge in [0.15, 0.2) is 0 Å². The van der Waals surface area contributed by atoms with Crippen molar-refractivity contribution in [1.29, 1.82) is 0 Å². The van der Waals surface area contributed by atoms with Crippen LogP contribution in [0.2, 0.25) is 0 Å². The van der Waals surface area contributed by atoms with Crippen LogP contribution >= 0.6 is 0 Å². The van der Waals surface area contributed by atoms with Crippen LogP contribution in [-0.4, -0.2) is 9.55 Å². The van der Waals surface area contributed by atoms with Gasteiger partial charge in [0.2, 0.25) is 0 Å². The molecule has 6 heteroatoms. The third-order valence-electron chi connectivity index (χ3n) is 4.57. The minimum Gasteiger partial charge on any atom is -0.485 e. The maximum absolute atomic E-state index is 13.0. The van der Waals surface area contributed by atoms with Gasteiger partial charge in [-0.3, -0.25) is 0 Å². The van der Waals surface area contributed by atoms with E-state index in [4.69, 9.17) is 4.74 Å². The molecule has 0 saturated heterocycles. The number of imidazole rings is 1. The van der Waals surface area contributed by atoms with Crippen LogP contribution in [0, 0.1) is 6.92 Å². The summed E-state index contributed by atoms with van der Waals surface area (Å²) in [6.07, 6.45) is -3.55. The summed E-state index contributed by atoms with van der Waals surface area (Å²) >= 11 is 0. The Labute approximate surface area is 150 Å². The number of nitrogens with zero attached hydrogens (tertiary/aromatic N) is 2. The molecule has 3 rings (SSSR count).